The topological polar surface area (TPSA) is 114 Å². The molecule has 0 bridgehead atoms. The second-order valence-electron chi connectivity index (χ2n) is 10.2. The van der Waals surface area contributed by atoms with Gasteiger partial charge in [0.25, 0.3) is 0 Å². The average molecular weight is 612 g/mol. The number of hydrogen-bond donors (Lipinski definition) is 1. The molecule has 0 fully saturated rings. The first-order valence-corrected chi connectivity index (χ1v) is 15.8. The Morgan fingerprint density at radius 2 is 1.53 bits per heavy atom. The number of anilines is 1. The molecule has 0 saturated carbocycles. The van der Waals surface area contributed by atoms with Crippen LogP contribution in [0.3, 0.4) is 0 Å². The van der Waals surface area contributed by atoms with Crippen LogP contribution in [0.1, 0.15) is 31.4 Å². The lowest BCUT2D eigenvalue weighted by Crippen LogP contribution is -2.54. The number of hydrogen-bond acceptors (Lipinski definition) is 7. The van der Waals surface area contributed by atoms with Gasteiger partial charge in [-0.05, 0) is 48.7 Å². The Morgan fingerprint density at radius 3 is 2.14 bits per heavy atom. The van der Waals surface area contributed by atoms with E-state index in [4.69, 9.17) is 14.2 Å². The van der Waals surface area contributed by atoms with Gasteiger partial charge < -0.3 is 24.4 Å². The summed E-state index contributed by atoms with van der Waals surface area (Å²) in [5.41, 5.74) is 1.80. The lowest BCUT2D eigenvalue weighted by Gasteiger charge is -2.34. The summed E-state index contributed by atoms with van der Waals surface area (Å²) >= 11 is 0. The van der Waals surface area contributed by atoms with Crippen LogP contribution in [0.2, 0.25) is 0 Å². The van der Waals surface area contributed by atoms with Crippen molar-refractivity contribution in [2.75, 3.05) is 38.4 Å². The SMILES string of the molecule is CC[C@H](C)NC(=O)[C@@H](Cc1ccccc1)N(Cc1cccc(OC)c1)C(=O)CN(c1ccc(OC)c(OC)c1)S(C)(=O)=O. The Kier molecular flexibility index (Phi) is 11.8. The Labute approximate surface area is 254 Å². The molecule has 0 aliphatic carbocycles. The zero-order chi connectivity index (χ0) is 31.6. The minimum atomic E-state index is -3.93. The molecule has 0 radical (unpaired) electrons. The number of methoxy groups -OCH3 is 3. The molecule has 43 heavy (non-hydrogen) atoms. The molecule has 0 aromatic heterocycles. The Bertz CT molecular complexity index is 1480. The molecule has 11 heteroatoms. The van der Waals surface area contributed by atoms with Gasteiger partial charge in [0, 0.05) is 25.1 Å². The fourth-order valence-corrected chi connectivity index (χ4v) is 5.40. The number of amides is 2. The maximum Gasteiger partial charge on any atom is 0.244 e. The zero-order valence-corrected chi connectivity index (χ0v) is 26.4. The van der Waals surface area contributed by atoms with Crippen molar-refractivity contribution in [1.29, 1.82) is 0 Å². The van der Waals surface area contributed by atoms with Gasteiger partial charge in [-0.2, -0.15) is 0 Å². The van der Waals surface area contributed by atoms with Crippen molar-refractivity contribution in [3.63, 3.8) is 0 Å². The van der Waals surface area contributed by atoms with E-state index in [-0.39, 0.29) is 30.6 Å². The standard InChI is InChI=1S/C32H41N3O7S/c1-7-23(2)33-32(37)28(19-24-12-9-8-10-13-24)34(21-25-14-11-15-27(18-25)40-3)31(36)22-35(43(6,38)39)26-16-17-29(41-4)30(20-26)42-5/h8-18,20,23,28H,7,19,21-22H2,1-6H3,(H,33,37)/t23-,28+/m0/s1. The second-order valence-corrected chi connectivity index (χ2v) is 12.1. The number of nitrogens with zero attached hydrogens (tertiary/aromatic N) is 2. The number of nitrogens with one attached hydrogen (secondary N) is 1. The van der Waals surface area contributed by atoms with Gasteiger partial charge in [0.1, 0.15) is 18.3 Å². The van der Waals surface area contributed by atoms with Crippen molar-refractivity contribution in [1.82, 2.24) is 10.2 Å². The number of sulfonamides is 1. The maximum atomic E-state index is 14.3. The van der Waals surface area contributed by atoms with Crippen LogP contribution in [0.15, 0.2) is 72.8 Å². The van der Waals surface area contributed by atoms with E-state index < -0.39 is 28.5 Å². The van der Waals surface area contributed by atoms with Gasteiger partial charge >= 0.3 is 0 Å². The molecule has 0 spiro atoms. The molecule has 3 aromatic rings. The molecular formula is C32H41N3O7S. The van der Waals surface area contributed by atoms with Gasteiger partial charge in [-0.15, -0.1) is 0 Å². The lowest BCUT2D eigenvalue weighted by molar-refractivity contribution is -0.140. The highest BCUT2D eigenvalue weighted by Crippen LogP contribution is 2.32. The van der Waals surface area contributed by atoms with E-state index >= 15 is 0 Å². The molecule has 10 nitrogen and oxygen atoms in total. The molecule has 0 saturated heterocycles. The van der Waals surface area contributed by atoms with Gasteiger partial charge in [-0.1, -0.05) is 49.4 Å². The summed E-state index contributed by atoms with van der Waals surface area (Å²) in [6, 6.07) is 20.2. The van der Waals surface area contributed by atoms with Gasteiger partial charge in [-0.3, -0.25) is 13.9 Å². The van der Waals surface area contributed by atoms with Crippen LogP contribution in [-0.4, -0.2) is 71.3 Å². The first kappa shape index (κ1) is 33.3. The van der Waals surface area contributed by atoms with Gasteiger partial charge in [-0.25, -0.2) is 8.42 Å². The molecule has 0 aliphatic heterocycles. The van der Waals surface area contributed by atoms with E-state index in [9.17, 15) is 18.0 Å². The highest BCUT2D eigenvalue weighted by Gasteiger charge is 2.33. The fraction of sp³-hybridized carbons (Fsp3) is 0.375. The smallest absolute Gasteiger partial charge is 0.244 e. The van der Waals surface area contributed by atoms with Crippen LogP contribution in [-0.2, 0) is 32.6 Å². The number of carbonyl (C=O) groups is 2. The molecule has 1 N–H and O–H groups in total. The van der Waals surface area contributed by atoms with Crippen LogP contribution in [0.4, 0.5) is 5.69 Å². The van der Waals surface area contributed by atoms with E-state index in [1.807, 2.05) is 50.2 Å². The van der Waals surface area contributed by atoms with Crippen molar-refractivity contribution in [3.8, 4) is 17.2 Å². The van der Waals surface area contributed by atoms with Gasteiger partial charge in [0.05, 0.1) is 33.3 Å². The third-order valence-corrected chi connectivity index (χ3v) is 8.23. The highest BCUT2D eigenvalue weighted by molar-refractivity contribution is 7.92. The summed E-state index contributed by atoms with van der Waals surface area (Å²) in [6.07, 6.45) is 1.96. The highest BCUT2D eigenvalue weighted by atomic mass is 32.2. The summed E-state index contributed by atoms with van der Waals surface area (Å²) in [6.45, 7) is 3.36. The summed E-state index contributed by atoms with van der Waals surface area (Å²) in [7, 11) is 0.532. The van der Waals surface area contributed by atoms with Crippen LogP contribution < -0.4 is 23.8 Å². The predicted octanol–water partition coefficient (Wildman–Crippen LogP) is 4.03. The minimum absolute atomic E-state index is 0.0466. The van der Waals surface area contributed by atoms with Crippen molar-refractivity contribution in [2.24, 2.45) is 0 Å². The third-order valence-electron chi connectivity index (χ3n) is 7.09. The predicted molar refractivity (Wildman–Crippen MR) is 167 cm³/mol. The van der Waals surface area contributed by atoms with Crippen LogP contribution >= 0.6 is 0 Å². The third kappa shape index (κ3) is 9.12. The minimum Gasteiger partial charge on any atom is -0.497 e. The molecule has 2 atom stereocenters. The molecule has 232 valence electrons. The largest absolute Gasteiger partial charge is 0.497 e. The van der Waals surface area contributed by atoms with E-state index in [0.717, 1.165) is 21.7 Å². The van der Waals surface area contributed by atoms with E-state index in [1.165, 1.54) is 25.2 Å². The number of rotatable bonds is 15. The maximum absolute atomic E-state index is 14.3. The average Bonchev–Trinajstić information content (AvgIpc) is 3.00. The van der Waals surface area contributed by atoms with Crippen molar-refractivity contribution in [2.45, 2.75) is 45.3 Å². The second kappa shape index (κ2) is 15.3. The normalized spacial score (nSPS) is 12.5. The van der Waals surface area contributed by atoms with Crippen LogP contribution in [0.5, 0.6) is 17.2 Å². The van der Waals surface area contributed by atoms with Crippen LogP contribution in [0, 0.1) is 0 Å². The first-order valence-electron chi connectivity index (χ1n) is 14.0. The molecule has 3 rings (SSSR count). The molecular weight excluding hydrogens is 570 g/mol. The van der Waals surface area contributed by atoms with Crippen molar-refractivity contribution >= 4 is 27.5 Å². The quantitative estimate of drug-likeness (QED) is 0.276. The molecule has 0 heterocycles. The van der Waals surface area contributed by atoms with Gasteiger partial charge in [0.15, 0.2) is 11.5 Å². The Balaban J connectivity index is 2.10. The number of carbonyl (C=O) groups excluding carboxylic acids is 2. The number of benzene rings is 3. The van der Waals surface area contributed by atoms with E-state index in [1.54, 1.807) is 37.4 Å². The Morgan fingerprint density at radius 1 is 0.860 bits per heavy atom. The zero-order valence-electron chi connectivity index (χ0n) is 25.6. The lowest BCUT2D eigenvalue weighted by atomic mass is 10.0. The van der Waals surface area contributed by atoms with Crippen molar-refractivity contribution < 1.29 is 32.2 Å². The molecule has 3 aromatic carbocycles. The van der Waals surface area contributed by atoms with Gasteiger partial charge in [0.2, 0.25) is 21.8 Å². The summed E-state index contributed by atoms with van der Waals surface area (Å²) in [4.78, 5) is 29.5. The first-order chi connectivity index (χ1) is 20.5. The summed E-state index contributed by atoms with van der Waals surface area (Å²) < 4.78 is 43.2. The molecule has 0 aliphatic rings. The molecule has 0 unspecified atom stereocenters. The van der Waals surface area contributed by atoms with E-state index in [2.05, 4.69) is 5.32 Å². The Hall–Kier alpha value is -4.25. The molecule has 2 amide bonds. The number of ether oxygens (including phenoxy) is 3. The summed E-state index contributed by atoms with van der Waals surface area (Å²) in [5.74, 6) is 0.436. The monoisotopic (exact) mass is 611 g/mol. The fourth-order valence-electron chi connectivity index (χ4n) is 4.56. The summed E-state index contributed by atoms with van der Waals surface area (Å²) in [5, 5.41) is 3.02. The van der Waals surface area contributed by atoms with Crippen LogP contribution in [0.25, 0.3) is 0 Å². The van der Waals surface area contributed by atoms with E-state index in [0.29, 0.717) is 23.7 Å². The van der Waals surface area contributed by atoms with Crippen molar-refractivity contribution in [3.05, 3.63) is 83.9 Å².